The Kier molecular flexibility index (Phi) is 3.81. The molecule has 0 bridgehead atoms. The summed E-state index contributed by atoms with van der Waals surface area (Å²) in [4.78, 5) is 0. The van der Waals surface area contributed by atoms with E-state index in [0.717, 1.165) is 48.9 Å². The van der Waals surface area contributed by atoms with Crippen LogP contribution in [-0.4, -0.2) is 0 Å². The van der Waals surface area contributed by atoms with Crippen LogP contribution in [0.5, 0.6) is 0 Å². The van der Waals surface area contributed by atoms with E-state index in [1.165, 1.54) is 0 Å². The lowest BCUT2D eigenvalue weighted by atomic mass is 9.93. The Balaban J connectivity index is 1.90. The van der Waals surface area contributed by atoms with E-state index in [1.807, 2.05) is 54.6 Å². The van der Waals surface area contributed by atoms with Crippen LogP contribution in [0.4, 0.5) is 0 Å². The third-order valence-electron chi connectivity index (χ3n) is 6.09. The van der Waals surface area contributed by atoms with E-state index in [9.17, 15) is 0 Å². The molecule has 1 heterocycles. The second-order valence-corrected chi connectivity index (χ2v) is 10.4. The van der Waals surface area contributed by atoms with Gasteiger partial charge in [0.15, 0.2) is 7.14 Å². The minimum atomic E-state index is -3.12. The van der Waals surface area contributed by atoms with Gasteiger partial charge in [0.05, 0.1) is 0 Å². The van der Waals surface area contributed by atoms with Crippen molar-refractivity contribution in [3.63, 3.8) is 0 Å². The first-order valence-electron chi connectivity index (χ1n) is 10.2. The van der Waals surface area contributed by atoms with Gasteiger partial charge < -0.3 is 4.57 Å². The van der Waals surface area contributed by atoms with Crippen molar-refractivity contribution < 1.29 is 4.57 Å². The minimum Gasteiger partial charge on any atom is -0.309 e. The van der Waals surface area contributed by atoms with E-state index in [0.29, 0.717) is 0 Å². The summed E-state index contributed by atoms with van der Waals surface area (Å²) in [5.74, 6) is 0. The Morgan fingerprint density at radius 3 is 1.87 bits per heavy atom. The van der Waals surface area contributed by atoms with Gasteiger partial charge in [-0.15, -0.1) is 0 Å². The van der Waals surface area contributed by atoms with Gasteiger partial charge in [0.25, 0.3) is 0 Å². The van der Waals surface area contributed by atoms with Crippen LogP contribution < -0.4 is 15.9 Å². The molecule has 142 valence electrons. The van der Waals surface area contributed by atoms with E-state index in [1.54, 1.807) is 0 Å². The summed E-state index contributed by atoms with van der Waals surface area (Å²) in [5.41, 5.74) is 4.39. The van der Waals surface area contributed by atoms with Crippen molar-refractivity contribution >= 4 is 33.8 Å². The molecule has 0 spiro atoms. The van der Waals surface area contributed by atoms with Gasteiger partial charge >= 0.3 is 0 Å². The van der Waals surface area contributed by atoms with Crippen molar-refractivity contribution in [2.45, 2.75) is 0 Å². The van der Waals surface area contributed by atoms with Gasteiger partial charge in [-0.05, 0) is 33.0 Å². The summed E-state index contributed by atoms with van der Waals surface area (Å²) in [5, 5.41) is 4.92. The van der Waals surface area contributed by atoms with Crippen LogP contribution in [0.1, 0.15) is 0 Å². The van der Waals surface area contributed by atoms with Crippen molar-refractivity contribution in [1.29, 1.82) is 0 Å². The number of hydrogen-bond donors (Lipinski definition) is 0. The predicted molar refractivity (Wildman–Crippen MR) is 128 cm³/mol. The quantitative estimate of drug-likeness (QED) is 0.303. The zero-order chi connectivity index (χ0) is 20.1. The molecule has 1 nitrogen and oxygen atoms in total. The average molecular weight is 402 g/mol. The number of rotatable bonds is 1. The third kappa shape index (κ3) is 2.33. The molecule has 0 saturated heterocycles. The van der Waals surface area contributed by atoms with E-state index < -0.39 is 7.14 Å². The normalized spacial score (nSPS) is 16.9. The molecule has 0 aromatic heterocycles. The maximum atomic E-state index is 15.4. The zero-order valence-corrected chi connectivity index (χ0v) is 17.2. The largest absolute Gasteiger partial charge is 0.309 e. The molecule has 0 fully saturated rings. The molecule has 6 rings (SSSR count). The summed E-state index contributed by atoms with van der Waals surface area (Å²) < 4.78 is 15.4. The zero-order valence-electron chi connectivity index (χ0n) is 16.3. The van der Waals surface area contributed by atoms with Gasteiger partial charge in [-0.3, -0.25) is 0 Å². The summed E-state index contributed by atoms with van der Waals surface area (Å²) >= 11 is 0. The predicted octanol–water partition coefficient (Wildman–Crippen LogP) is 6.13. The summed E-state index contributed by atoms with van der Waals surface area (Å²) in [6, 6.07) is 39.2. The third-order valence-corrected chi connectivity index (χ3v) is 9.29. The maximum Gasteiger partial charge on any atom is 0.172 e. The fourth-order valence-corrected chi connectivity index (χ4v) is 8.04. The summed E-state index contributed by atoms with van der Waals surface area (Å²) in [6.45, 7) is 0. The van der Waals surface area contributed by atoms with E-state index in [2.05, 4.69) is 60.7 Å². The molecule has 0 amide bonds. The van der Waals surface area contributed by atoms with Gasteiger partial charge in [-0.1, -0.05) is 115 Å². The molecule has 1 aliphatic rings. The van der Waals surface area contributed by atoms with Crippen molar-refractivity contribution in [3.8, 4) is 22.3 Å². The fraction of sp³-hybridized carbons (Fsp3) is 0. The average Bonchev–Trinajstić information content (AvgIpc) is 2.92. The van der Waals surface area contributed by atoms with Crippen LogP contribution >= 0.6 is 7.14 Å². The Morgan fingerprint density at radius 1 is 0.467 bits per heavy atom. The van der Waals surface area contributed by atoms with E-state index in [-0.39, 0.29) is 0 Å². The maximum absolute atomic E-state index is 15.4. The fourth-order valence-electron chi connectivity index (χ4n) is 4.77. The first-order valence-corrected chi connectivity index (χ1v) is 11.9. The second kappa shape index (κ2) is 6.55. The SMILES string of the molecule is O=P1(c2ccccc2)c2ccccc2-c2ccccc2-c2ccc3ccccc3c21. The van der Waals surface area contributed by atoms with E-state index >= 15 is 4.57 Å². The molecule has 0 aliphatic carbocycles. The van der Waals surface area contributed by atoms with E-state index in [4.69, 9.17) is 0 Å². The second-order valence-electron chi connectivity index (χ2n) is 7.69. The molecule has 5 aromatic carbocycles. The Labute approximate surface area is 176 Å². The minimum absolute atomic E-state index is 0.878. The van der Waals surface area contributed by atoms with Gasteiger partial charge in [0.2, 0.25) is 0 Å². The number of fused-ring (bicyclic) bond motifs is 7. The van der Waals surface area contributed by atoms with Crippen LogP contribution in [0.3, 0.4) is 0 Å². The highest BCUT2D eigenvalue weighted by atomic mass is 31.2. The molecule has 30 heavy (non-hydrogen) atoms. The topological polar surface area (TPSA) is 17.1 Å². The Morgan fingerprint density at radius 2 is 1.07 bits per heavy atom. The molecular formula is C28H19OP. The van der Waals surface area contributed by atoms with Gasteiger partial charge in [-0.25, -0.2) is 0 Å². The van der Waals surface area contributed by atoms with Crippen LogP contribution in [0.15, 0.2) is 115 Å². The van der Waals surface area contributed by atoms with Gasteiger partial charge in [0, 0.05) is 15.9 Å². The lowest BCUT2D eigenvalue weighted by Gasteiger charge is -2.23. The molecule has 0 saturated carbocycles. The lowest BCUT2D eigenvalue weighted by Crippen LogP contribution is -2.26. The van der Waals surface area contributed by atoms with Crippen LogP contribution in [-0.2, 0) is 4.57 Å². The van der Waals surface area contributed by atoms with Crippen LogP contribution in [0, 0.1) is 0 Å². The monoisotopic (exact) mass is 402 g/mol. The molecule has 5 aromatic rings. The van der Waals surface area contributed by atoms with Crippen molar-refractivity contribution in [3.05, 3.63) is 115 Å². The van der Waals surface area contributed by atoms with Crippen molar-refractivity contribution in [1.82, 2.24) is 0 Å². The number of benzene rings is 5. The van der Waals surface area contributed by atoms with Gasteiger partial charge in [-0.2, -0.15) is 0 Å². The first-order chi connectivity index (χ1) is 14.8. The van der Waals surface area contributed by atoms with Crippen LogP contribution in [0.2, 0.25) is 0 Å². The van der Waals surface area contributed by atoms with Crippen molar-refractivity contribution in [2.75, 3.05) is 0 Å². The lowest BCUT2D eigenvalue weighted by molar-refractivity contribution is 0.593. The highest BCUT2D eigenvalue weighted by molar-refractivity contribution is 7.86. The molecule has 1 unspecified atom stereocenters. The highest BCUT2D eigenvalue weighted by Crippen LogP contribution is 2.52. The standard InChI is InChI=1S/C28H19OP/c29-30(21-11-2-1-3-12-21)27-17-9-8-16-25(27)23-14-6-7-15-24(23)26-19-18-20-10-4-5-13-22(20)28(26)30/h1-19H. The highest BCUT2D eigenvalue weighted by Gasteiger charge is 2.38. The molecule has 0 N–H and O–H groups in total. The molecule has 2 heteroatoms. The molecular weight excluding hydrogens is 383 g/mol. The molecule has 1 aliphatic heterocycles. The van der Waals surface area contributed by atoms with Gasteiger partial charge in [0.1, 0.15) is 0 Å². The first kappa shape index (κ1) is 17.4. The number of hydrogen-bond acceptors (Lipinski definition) is 1. The molecule has 1 atom stereocenters. The summed E-state index contributed by atoms with van der Waals surface area (Å²) in [6.07, 6.45) is 0. The van der Waals surface area contributed by atoms with Crippen molar-refractivity contribution in [2.24, 2.45) is 0 Å². The Bertz CT molecular complexity index is 1470. The smallest absolute Gasteiger partial charge is 0.172 e. The molecule has 0 radical (unpaired) electrons. The van der Waals surface area contributed by atoms with Crippen LogP contribution in [0.25, 0.3) is 33.0 Å². The summed E-state index contributed by atoms with van der Waals surface area (Å²) in [7, 11) is -3.12. The Hall–Kier alpha value is -3.41.